The molecule has 2 aromatic carbocycles. The minimum absolute atomic E-state index is 0.208. The zero-order chi connectivity index (χ0) is 23.4. The number of aryl methyl sites for hydroxylation is 1. The van der Waals surface area contributed by atoms with Crippen LogP contribution in [-0.4, -0.2) is 7.11 Å². The molecule has 29 heavy (non-hydrogen) atoms. The maximum atomic E-state index is 12.5. The van der Waals surface area contributed by atoms with Gasteiger partial charge in [0.25, 0.3) is 0 Å². The molecule has 2 aromatic rings. The summed E-state index contributed by atoms with van der Waals surface area (Å²) >= 11 is 11.5. The van der Waals surface area contributed by atoms with Crippen LogP contribution in [-0.2, 0) is 12.8 Å². The lowest BCUT2D eigenvalue weighted by Crippen LogP contribution is -1.94. The first-order valence-electron chi connectivity index (χ1n) is 10.6. The summed E-state index contributed by atoms with van der Waals surface area (Å²) in [5.41, 5.74) is 2.33. The molecule has 0 heterocycles. The van der Waals surface area contributed by atoms with Crippen LogP contribution in [0.3, 0.4) is 0 Å². The monoisotopic (exact) mass is 446 g/mol. The van der Waals surface area contributed by atoms with Crippen molar-refractivity contribution in [2.24, 2.45) is 5.92 Å². The second-order valence-corrected chi connectivity index (χ2v) is 6.48. The Hall–Kier alpha value is -1.25. The van der Waals surface area contributed by atoms with Gasteiger partial charge in [-0.25, -0.2) is 4.39 Å². The first-order chi connectivity index (χ1) is 13.9. The Morgan fingerprint density at radius 2 is 1.31 bits per heavy atom. The maximum Gasteiger partial charge on any atom is 0.141 e. The van der Waals surface area contributed by atoms with Crippen molar-refractivity contribution in [2.45, 2.75) is 75.2 Å². The number of halogens is 3. The normalized spacial score (nSPS) is 8.76. The molecule has 0 atom stereocenters. The molecular formula is C25H41Cl2FO. The Morgan fingerprint density at radius 1 is 0.828 bits per heavy atom. The predicted octanol–water partition coefficient (Wildman–Crippen LogP) is 9.67. The van der Waals surface area contributed by atoms with Gasteiger partial charge in [0, 0.05) is 0 Å². The van der Waals surface area contributed by atoms with Gasteiger partial charge in [0.05, 0.1) is 17.2 Å². The summed E-state index contributed by atoms with van der Waals surface area (Å²) in [6.07, 6.45) is 1.95. The van der Waals surface area contributed by atoms with Crippen LogP contribution in [0, 0.1) is 11.7 Å². The number of methoxy groups -OCH3 is 1. The summed E-state index contributed by atoms with van der Waals surface area (Å²) in [6.45, 7) is 18.4. The van der Waals surface area contributed by atoms with E-state index in [1.807, 2.05) is 60.6 Å². The first-order valence-corrected chi connectivity index (χ1v) is 11.4. The Bertz CT molecular complexity index is 628. The Balaban J connectivity index is -0.000000377. The van der Waals surface area contributed by atoms with E-state index in [-0.39, 0.29) is 10.8 Å². The zero-order valence-corrected chi connectivity index (χ0v) is 21.5. The lowest BCUT2D eigenvalue weighted by molar-refractivity contribution is 0.415. The number of hydrogen-bond donors (Lipinski definition) is 0. The Labute approximate surface area is 189 Å². The first kappa shape index (κ1) is 32.4. The lowest BCUT2D eigenvalue weighted by atomic mass is 10.0. The van der Waals surface area contributed by atoms with Crippen LogP contribution in [0.4, 0.5) is 4.39 Å². The molecule has 1 nitrogen and oxygen atoms in total. The lowest BCUT2D eigenvalue weighted by Gasteiger charge is -2.07. The minimum Gasteiger partial charge on any atom is -0.495 e. The summed E-state index contributed by atoms with van der Waals surface area (Å²) in [7, 11) is 1.63. The molecule has 0 saturated heterocycles. The van der Waals surface area contributed by atoms with Crippen LogP contribution < -0.4 is 4.74 Å². The number of benzene rings is 2. The fourth-order valence-electron chi connectivity index (χ4n) is 2.07. The highest BCUT2D eigenvalue weighted by Gasteiger charge is 2.03. The van der Waals surface area contributed by atoms with Crippen LogP contribution in [0.5, 0.6) is 5.75 Å². The average Bonchev–Trinajstić information content (AvgIpc) is 2.74. The van der Waals surface area contributed by atoms with Crippen molar-refractivity contribution in [2.75, 3.05) is 7.11 Å². The second-order valence-electron chi connectivity index (χ2n) is 5.67. The molecule has 0 amide bonds. The number of rotatable bonds is 4. The molecule has 0 aliphatic carbocycles. The molecule has 0 N–H and O–H groups in total. The topological polar surface area (TPSA) is 9.23 Å². The molecule has 168 valence electrons. The van der Waals surface area contributed by atoms with E-state index in [1.54, 1.807) is 19.2 Å². The van der Waals surface area contributed by atoms with Crippen molar-refractivity contribution < 1.29 is 9.13 Å². The third-order valence-electron chi connectivity index (χ3n) is 3.25. The third-order valence-corrected chi connectivity index (χ3v) is 3.84. The zero-order valence-electron chi connectivity index (χ0n) is 20.0. The molecule has 0 aromatic heterocycles. The van der Waals surface area contributed by atoms with Gasteiger partial charge in [0.2, 0.25) is 0 Å². The predicted molar refractivity (Wildman–Crippen MR) is 131 cm³/mol. The van der Waals surface area contributed by atoms with Gasteiger partial charge in [-0.3, -0.25) is 0 Å². The van der Waals surface area contributed by atoms with E-state index in [0.29, 0.717) is 10.9 Å². The SMILES string of the molecule is CC.CC.CC.CCc1ccc(F)c(Cl)c1.COc1ccc(CC(C)C)cc1Cl. The van der Waals surface area contributed by atoms with E-state index in [9.17, 15) is 4.39 Å². The fourth-order valence-corrected chi connectivity index (χ4v) is 2.55. The highest BCUT2D eigenvalue weighted by Crippen LogP contribution is 2.25. The molecule has 0 spiro atoms. The largest absolute Gasteiger partial charge is 0.495 e. The molecular weight excluding hydrogens is 406 g/mol. The van der Waals surface area contributed by atoms with E-state index < -0.39 is 0 Å². The molecule has 0 bridgehead atoms. The van der Waals surface area contributed by atoms with E-state index in [1.165, 1.54) is 11.6 Å². The van der Waals surface area contributed by atoms with Gasteiger partial charge >= 0.3 is 0 Å². The maximum absolute atomic E-state index is 12.5. The van der Waals surface area contributed by atoms with Gasteiger partial charge in [-0.15, -0.1) is 0 Å². The summed E-state index contributed by atoms with van der Waals surface area (Å²) in [4.78, 5) is 0. The van der Waals surface area contributed by atoms with Gasteiger partial charge in [0.1, 0.15) is 11.6 Å². The standard InChI is InChI=1S/C11H15ClO.C8H8ClF.3C2H6/c1-8(2)6-9-4-5-11(13-3)10(12)7-9;1-2-6-3-4-8(10)7(9)5-6;3*1-2/h4-5,7-8H,6H2,1-3H3;3-5H,2H2,1H3;3*1-2H3. The molecule has 4 heteroatoms. The molecule has 0 aliphatic rings. The summed E-state index contributed by atoms with van der Waals surface area (Å²) < 4.78 is 17.6. The van der Waals surface area contributed by atoms with Crippen molar-refractivity contribution in [3.8, 4) is 5.75 Å². The number of hydrogen-bond acceptors (Lipinski definition) is 1. The van der Waals surface area contributed by atoms with Crippen LogP contribution >= 0.6 is 23.2 Å². The van der Waals surface area contributed by atoms with Crippen LogP contribution in [0.25, 0.3) is 0 Å². The minimum atomic E-state index is -0.348. The second kappa shape index (κ2) is 21.5. The molecule has 0 saturated carbocycles. The van der Waals surface area contributed by atoms with Gasteiger partial charge in [-0.1, -0.05) is 97.6 Å². The summed E-state index contributed by atoms with van der Waals surface area (Å²) in [6, 6.07) is 10.7. The van der Waals surface area contributed by atoms with Crippen molar-refractivity contribution >= 4 is 23.2 Å². The van der Waals surface area contributed by atoms with Crippen molar-refractivity contribution in [1.82, 2.24) is 0 Å². The fraction of sp³-hybridized carbons (Fsp3) is 0.520. The van der Waals surface area contributed by atoms with Gasteiger partial charge in [0.15, 0.2) is 0 Å². The van der Waals surface area contributed by atoms with E-state index in [4.69, 9.17) is 27.9 Å². The molecule has 0 aliphatic heterocycles. The van der Waals surface area contributed by atoms with E-state index in [0.717, 1.165) is 24.2 Å². The highest BCUT2D eigenvalue weighted by atomic mass is 35.5. The average molecular weight is 448 g/mol. The van der Waals surface area contributed by atoms with E-state index >= 15 is 0 Å². The van der Waals surface area contributed by atoms with Crippen molar-refractivity contribution in [1.29, 1.82) is 0 Å². The summed E-state index contributed by atoms with van der Waals surface area (Å²) in [5, 5.41) is 0.903. The molecule has 0 unspecified atom stereocenters. The quantitative estimate of drug-likeness (QED) is 0.453. The number of ether oxygens (including phenoxy) is 1. The van der Waals surface area contributed by atoms with Crippen LogP contribution in [0.15, 0.2) is 36.4 Å². The molecule has 2 rings (SSSR count). The van der Waals surface area contributed by atoms with Gasteiger partial charge in [-0.2, -0.15) is 0 Å². The Kier molecular flexibility index (Phi) is 24.0. The van der Waals surface area contributed by atoms with Crippen molar-refractivity contribution in [3.05, 3.63) is 63.4 Å². The van der Waals surface area contributed by atoms with Crippen molar-refractivity contribution in [3.63, 3.8) is 0 Å². The van der Waals surface area contributed by atoms with Gasteiger partial charge in [-0.05, 0) is 54.2 Å². The van der Waals surface area contributed by atoms with Crippen LogP contribution in [0.2, 0.25) is 10.0 Å². The molecule has 0 fully saturated rings. The third kappa shape index (κ3) is 15.3. The Morgan fingerprint density at radius 3 is 1.69 bits per heavy atom. The van der Waals surface area contributed by atoms with Crippen LogP contribution in [0.1, 0.15) is 73.4 Å². The summed E-state index contributed by atoms with van der Waals surface area (Å²) in [5.74, 6) is 1.05. The highest BCUT2D eigenvalue weighted by molar-refractivity contribution is 6.32. The smallest absolute Gasteiger partial charge is 0.141 e. The molecule has 0 radical (unpaired) electrons. The van der Waals surface area contributed by atoms with E-state index in [2.05, 4.69) is 19.9 Å². The van der Waals surface area contributed by atoms with Gasteiger partial charge < -0.3 is 4.74 Å².